The number of benzene rings is 2. The summed E-state index contributed by atoms with van der Waals surface area (Å²) >= 11 is 0. The maximum Gasteiger partial charge on any atom is 0.338 e. The molecule has 0 unspecified atom stereocenters. The van der Waals surface area contributed by atoms with E-state index in [4.69, 9.17) is 14.2 Å². The van der Waals surface area contributed by atoms with Gasteiger partial charge in [-0.1, -0.05) is 36.4 Å². The van der Waals surface area contributed by atoms with Crippen LogP contribution in [0.3, 0.4) is 0 Å². The van der Waals surface area contributed by atoms with Gasteiger partial charge < -0.3 is 24.4 Å². The number of hydrogen-bond donors (Lipinski definition) is 2. The summed E-state index contributed by atoms with van der Waals surface area (Å²) in [6.07, 6.45) is -3.27. The van der Waals surface area contributed by atoms with Crippen molar-refractivity contribution in [1.82, 2.24) is 0 Å². The fraction of sp³-hybridized carbons (Fsp3) is 0.273. The molecule has 3 rings (SSSR count). The van der Waals surface area contributed by atoms with Crippen LogP contribution in [-0.2, 0) is 14.2 Å². The number of methoxy groups -OCH3 is 1. The zero-order chi connectivity index (χ0) is 20.8. The summed E-state index contributed by atoms with van der Waals surface area (Å²) < 4.78 is 15.8. The summed E-state index contributed by atoms with van der Waals surface area (Å²) in [6.45, 7) is -0.235. The second-order valence-electron chi connectivity index (χ2n) is 6.56. The summed E-state index contributed by atoms with van der Waals surface area (Å²) in [5, 5.41) is 21.1. The smallest absolute Gasteiger partial charge is 0.338 e. The molecule has 0 amide bonds. The number of ether oxygens (including phenoxy) is 3. The van der Waals surface area contributed by atoms with Crippen LogP contribution in [-0.4, -0.2) is 60.3 Å². The van der Waals surface area contributed by atoms with E-state index in [1.54, 1.807) is 60.7 Å². The molecule has 0 radical (unpaired) electrons. The van der Waals surface area contributed by atoms with Gasteiger partial charge in [-0.05, 0) is 35.9 Å². The first-order valence-corrected chi connectivity index (χ1v) is 9.09. The first-order chi connectivity index (χ1) is 14.0. The fourth-order valence-electron chi connectivity index (χ4n) is 3.04. The van der Waals surface area contributed by atoms with Crippen LogP contribution in [0.5, 0.6) is 0 Å². The molecule has 0 aromatic heterocycles. The van der Waals surface area contributed by atoms with Crippen molar-refractivity contribution in [3.63, 3.8) is 0 Å². The number of aliphatic hydroxyl groups excluding tert-OH is 2. The first-order valence-electron chi connectivity index (χ1n) is 9.09. The van der Waals surface area contributed by atoms with Gasteiger partial charge in [-0.15, -0.1) is 0 Å². The molecule has 0 saturated carbocycles. The van der Waals surface area contributed by atoms with Gasteiger partial charge in [0.2, 0.25) is 0 Å². The standard InChI is InChI=1S/C22H22O7/c1-27-17-12-16(13-28-21(25)14-8-4-2-5-9-14)18(23)20(19(17)24)29-22(26)15-10-6-3-7-11-15/h2-12,17-20,23-24H,13H2,1H3/t17-,18-,19+,20-/m0/s1. The van der Waals surface area contributed by atoms with Gasteiger partial charge in [0.05, 0.1) is 11.1 Å². The van der Waals surface area contributed by atoms with Gasteiger partial charge in [0.15, 0.2) is 6.10 Å². The van der Waals surface area contributed by atoms with Gasteiger partial charge in [0.1, 0.15) is 24.9 Å². The highest BCUT2D eigenvalue weighted by Gasteiger charge is 2.41. The predicted octanol–water partition coefficient (Wildman–Crippen LogP) is 1.75. The van der Waals surface area contributed by atoms with Crippen molar-refractivity contribution in [1.29, 1.82) is 0 Å². The van der Waals surface area contributed by atoms with Gasteiger partial charge in [0, 0.05) is 7.11 Å². The minimum Gasteiger partial charge on any atom is -0.457 e. The van der Waals surface area contributed by atoms with E-state index in [-0.39, 0.29) is 17.7 Å². The molecule has 0 bridgehead atoms. The number of aliphatic hydroxyl groups is 2. The van der Waals surface area contributed by atoms with Crippen molar-refractivity contribution in [2.75, 3.05) is 13.7 Å². The molecule has 7 heteroatoms. The Morgan fingerprint density at radius 2 is 1.45 bits per heavy atom. The Hall–Kier alpha value is -3.00. The molecule has 7 nitrogen and oxygen atoms in total. The molecule has 0 aliphatic heterocycles. The van der Waals surface area contributed by atoms with Crippen LogP contribution in [0.2, 0.25) is 0 Å². The highest BCUT2D eigenvalue weighted by Crippen LogP contribution is 2.26. The van der Waals surface area contributed by atoms with E-state index < -0.39 is 36.4 Å². The third kappa shape index (κ3) is 4.89. The van der Waals surface area contributed by atoms with Crippen molar-refractivity contribution in [2.45, 2.75) is 24.4 Å². The lowest BCUT2D eigenvalue weighted by Gasteiger charge is -2.36. The summed E-state index contributed by atoms with van der Waals surface area (Å²) in [5.74, 6) is -1.25. The van der Waals surface area contributed by atoms with Crippen LogP contribution in [0.15, 0.2) is 72.3 Å². The number of hydrogen-bond acceptors (Lipinski definition) is 7. The normalized spacial score (nSPS) is 23.8. The number of carbonyl (C=O) groups excluding carboxylic acids is 2. The van der Waals surface area contributed by atoms with E-state index in [0.717, 1.165) is 0 Å². The van der Waals surface area contributed by atoms with Crippen molar-refractivity contribution < 1.29 is 34.0 Å². The van der Waals surface area contributed by atoms with Crippen LogP contribution in [0.1, 0.15) is 20.7 Å². The minimum atomic E-state index is -1.35. The van der Waals surface area contributed by atoms with Crippen LogP contribution in [0, 0.1) is 0 Å². The van der Waals surface area contributed by atoms with Crippen LogP contribution < -0.4 is 0 Å². The zero-order valence-electron chi connectivity index (χ0n) is 15.8. The summed E-state index contributed by atoms with van der Waals surface area (Å²) in [4.78, 5) is 24.5. The van der Waals surface area contributed by atoms with E-state index in [1.807, 2.05) is 0 Å². The maximum absolute atomic E-state index is 12.4. The van der Waals surface area contributed by atoms with Gasteiger partial charge in [-0.2, -0.15) is 0 Å². The molecule has 0 heterocycles. The van der Waals surface area contributed by atoms with Crippen LogP contribution in [0.25, 0.3) is 0 Å². The summed E-state index contributed by atoms with van der Waals surface area (Å²) in [7, 11) is 1.38. The molecule has 4 atom stereocenters. The number of esters is 2. The minimum absolute atomic E-state index is 0.235. The molecule has 0 spiro atoms. The molecule has 29 heavy (non-hydrogen) atoms. The quantitative estimate of drug-likeness (QED) is 0.564. The monoisotopic (exact) mass is 398 g/mol. The first kappa shape index (κ1) is 20.7. The zero-order valence-corrected chi connectivity index (χ0v) is 15.8. The Morgan fingerprint density at radius 3 is 2.00 bits per heavy atom. The second-order valence-corrected chi connectivity index (χ2v) is 6.56. The number of carbonyl (C=O) groups is 2. The Morgan fingerprint density at radius 1 is 0.897 bits per heavy atom. The van der Waals surface area contributed by atoms with Gasteiger partial charge >= 0.3 is 11.9 Å². The molecule has 0 fully saturated rings. The largest absolute Gasteiger partial charge is 0.457 e. The van der Waals surface area contributed by atoms with E-state index in [9.17, 15) is 19.8 Å². The highest BCUT2D eigenvalue weighted by atomic mass is 16.6. The average Bonchev–Trinajstić information content (AvgIpc) is 2.77. The Bertz CT molecular complexity index is 863. The van der Waals surface area contributed by atoms with Gasteiger partial charge in [-0.25, -0.2) is 9.59 Å². The van der Waals surface area contributed by atoms with Crippen LogP contribution >= 0.6 is 0 Å². The Labute approximate surface area is 168 Å². The Kier molecular flexibility index (Phi) is 6.77. The van der Waals surface area contributed by atoms with Crippen molar-refractivity contribution in [2.24, 2.45) is 0 Å². The highest BCUT2D eigenvalue weighted by molar-refractivity contribution is 5.90. The lowest BCUT2D eigenvalue weighted by atomic mass is 9.89. The maximum atomic E-state index is 12.4. The summed E-state index contributed by atoms with van der Waals surface area (Å²) in [6, 6.07) is 16.7. The molecule has 0 saturated heterocycles. The van der Waals surface area contributed by atoms with E-state index in [2.05, 4.69) is 0 Å². The SMILES string of the molecule is CO[C@H]1C=C(COC(=O)c2ccccc2)[C@H](O)[C@H](OC(=O)c2ccccc2)[C@@H]1O. The van der Waals surface area contributed by atoms with E-state index in [0.29, 0.717) is 5.56 Å². The van der Waals surface area contributed by atoms with Crippen molar-refractivity contribution >= 4 is 11.9 Å². The van der Waals surface area contributed by atoms with E-state index >= 15 is 0 Å². The van der Waals surface area contributed by atoms with Crippen LogP contribution in [0.4, 0.5) is 0 Å². The molecule has 1 aliphatic rings. The fourth-order valence-corrected chi connectivity index (χ4v) is 3.04. The lowest BCUT2D eigenvalue weighted by Crippen LogP contribution is -2.52. The molecule has 2 N–H and O–H groups in total. The molecular formula is C22H22O7. The topological polar surface area (TPSA) is 102 Å². The predicted molar refractivity (Wildman–Crippen MR) is 103 cm³/mol. The van der Waals surface area contributed by atoms with E-state index in [1.165, 1.54) is 13.2 Å². The molecule has 152 valence electrons. The molecule has 2 aromatic carbocycles. The van der Waals surface area contributed by atoms with Crippen molar-refractivity contribution in [3.8, 4) is 0 Å². The van der Waals surface area contributed by atoms with Gasteiger partial charge in [0.25, 0.3) is 0 Å². The third-order valence-corrected chi connectivity index (χ3v) is 4.65. The third-order valence-electron chi connectivity index (χ3n) is 4.65. The molecular weight excluding hydrogens is 376 g/mol. The Balaban J connectivity index is 1.72. The second kappa shape index (κ2) is 9.47. The number of rotatable bonds is 6. The van der Waals surface area contributed by atoms with Crippen molar-refractivity contribution in [3.05, 3.63) is 83.4 Å². The molecule has 1 aliphatic carbocycles. The average molecular weight is 398 g/mol. The van der Waals surface area contributed by atoms with Gasteiger partial charge in [-0.3, -0.25) is 0 Å². The summed E-state index contributed by atoms with van der Waals surface area (Å²) in [5.41, 5.74) is 0.929. The molecule has 2 aromatic rings. The lowest BCUT2D eigenvalue weighted by molar-refractivity contribution is -0.111.